The Morgan fingerprint density at radius 1 is 1.39 bits per heavy atom. The van der Waals surface area contributed by atoms with Crippen LogP contribution in [0.3, 0.4) is 0 Å². The lowest BCUT2D eigenvalue weighted by Gasteiger charge is -2.16. The van der Waals surface area contributed by atoms with E-state index in [1.165, 1.54) is 0 Å². The lowest BCUT2D eigenvalue weighted by Crippen LogP contribution is -2.29. The molecule has 0 unspecified atom stereocenters. The number of thiazole rings is 1. The van der Waals surface area contributed by atoms with Gasteiger partial charge in [0.1, 0.15) is 11.4 Å². The minimum absolute atomic E-state index is 0.0404. The van der Waals surface area contributed by atoms with Crippen molar-refractivity contribution < 1.29 is 9.53 Å². The second kappa shape index (κ2) is 8.89. The van der Waals surface area contributed by atoms with E-state index in [0.29, 0.717) is 29.6 Å². The maximum atomic E-state index is 12.3. The number of carbonyl (C=O) groups is 1. The van der Waals surface area contributed by atoms with Gasteiger partial charge in [-0.15, -0.1) is 11.3 Å². The van der Waals surface area contributed by atoms with Crippen LogP contribution < -0.4 is 4.74 Å². The molecular weight excluding hydrogens is 332 g/mol. The number of carbonyl (C=O) groups excluding carboxylic acids is 1. The molecule has 23 heavy (non-hydrogen) atoms. The Morgan fingerprint density at radius 2 is 2.17 bits per heavy atom. The highest BCUT2D eigenvalue weighted by Crippen LogP contribution is 2.23. The molecule has 1 heterocycles. The van der Waals surface area contributed by atoms with Crippen molar-refractivity contribution in [3.05, 3.63) is 45.4 Å². The number of para-hydroxylation sites is 1. The van der Waals surface area contributed by atoms with Crippen LogP contribution >= 0.6 is 22.9 Å². The van der Waals surface area contributed by atoms with Gasteiger partial charge in [0.25, 0.3) is 5.91 Å². The van der Waals surface area contributed by atoms with Crippen molar-refractivity contribution in [1.29, 1.82) is 0 Å². The van der Waals surface area contributed by atoms with E-state index >= 15 is 0 Å². The molecule has 0 bridgehead atoms. The molecule has 1 aromatic carbocycles. The molecule has 6 heteroatoms. The average Bonchev–Trinajstić information content (AvgIpc) is 3.01. The molecule has 0 aliphatic rings. The molecule has 0 saturated heterocycles. The van der Waals surface area contributed by atoms with E-state index < -0.39 is 0 Å². The van der Waals surface area contributed by atoms with Gasteiger partial charge < -0.3 is 9.64 Å². The monoisotopic (exact) mass is 352 g/mol. The lowest BCUT2D eigenvalue weighted by molar-refractivity contribution is 0.0782. The summed E-state index contributed by atoms with van der Waals surface area (Å²) in [6.45, 7) is 3.23. The molecule has 1 aromatic heterocycles. The highest BCUT2D eigenvalue weighted by atomic mass is 35.5. The first-order valence-electron chi connectivity index (χ1n) is 7.69. The second-order valence-electron chi connectivity index (χ2n) is 5.24. The molecule has 0 aliphatic heterocycles. The Hall–Kier alpha value is -1.59. The fraction of sp³-hybridized carbons (Fsp3) is 0.412. The van der Waals surface area contributed by atoms with Crippen LogP contribution in [0.15, 0.2) is 29.6 Å². The van der Waals surface area contributed by atoms with Gasteiger partial charge in [0.05, 0.1) is 16.6 Å². The van der Waals surface area contributed by atoms with Crippen LogP contribution in [0, 0.1) is 0 Å². The van der Waals surface area contributed by atoms with Gasteiger partial charge in [-0.05, 0) is 31.4 Å². The maximum absolute atomic E-state index is 12.3. The highest BCUT2D eigenvalue weighted by molar-refractivity contribution is 7.09. The van der Waals surface area contributed by atoms with Gasteiger partial charge in [-0.25, -0.2) is 4.98 Å². The third-order valence-corrected chi connectivity index (χ3v) is 4.53. The van der Waals surface area contributed by atoms with Crippen molar-refractivity contribution in [3.63, 3.8) is 0 Å². The Labute approximate surface area is 146 Å². The van der Waals surface area contributed by atoms with Crippen molar-refractivity contribution in [1.82, 2.24) is 9.88 Å². The van der Waals surface area contributed by atoms with Crippen molar-refractivity contribution in [2.24, 2.45) is 0 Å². The Kier molecular flexibility index (Phi) is 6.86. The fourth-order valence-electron chi connectivity index (χ4n) is 2.08. The molecule has 0 radical (unpaired) electrons. The summed E-state index contributed by atoms with van der Waals surface area (Å²) in [6, 6.07) is 7.37. The lowest BCUT2D eigenvalue weighted by atomic mass is 10.3. The summed E-state index contributed by atoms with van der Waals surface area (Å²) in [5.41, 5.74) is 0.535. The zero-order valence-corrected chi connectivity index (χ0v) is 15.0. The molecule has 0 aliphatic carbocycles. The van der Waals surface area contributed by atoms with Gasteiger partial charge in [-0.1, -0.05) is 30.7 Å². The first-order chi connectivity index (χ1) is 11.1. The average molecular weight is 353 g/mol. The highest BCUT2D eigenvalue weighted by Gasteiger charge is 2.15. The Morgan fingerprint density at radius 3 is 2.91 bits per heavy atom. The summed E-state index contributed by atoms with van der Waals surface area (Å²) >= 11 is 7.58. The minimum atomic E-state index is -0.0404. The maximum Gasteiger partial charge on any atom is 0.273 e. The molecule has 0 spiro atoms. The number of hydrogen-bond acceptors (Lipinski definition) is 4. The molecule has 2 aromatic rings. The molecule has 124 valence electrons. The van der Waals surface area contributed by atoms with Crippen LogP contribution in [0.4, 0.5) is 0 Å². The zero-order valence-electron chi connectivity index (χ0n) is 13.4. The molecule has 1 amide bonds. The number of nitrogens with zero attached hydrogens (tertiary/aromatic N) is 2. The van der Waals surface area contributed by atoms with E-state index in [-0.39, 0.29) is 5.91 Å². The first-order valence-corrected chi connectivity index (χ1v) is 8.94. The van der Waals surface area contributed by atoms with Gasteiger partial charge >= 0.3 is 0 Å². The largest absolute Gasteiger partial charge is 0.492 e. The molecule has 2 rings (SSSR count). The minimum Gasteiger partial charge on any atom is -0.492 e. The Balaban J connectivity index is 1.76. The third-order valence-electron chi connectivity index (χ3n) is 3.31. The van der Waals surface area contributed by atoms with Crippen LogP contribution in [0.2, 0.25) is 5.02 Å². The van der Waals surface area contributed by atoms with Gasteiger partial charge in [-0.3, -0.25) is 4.79 Å². The predicted molar refractivity (Wildman–Crippen MR) is 94.6 cm³/mol. The molecule has 4 nitrogen and oxygen atoms in total. The van der Waals surface area contributed by atoms with Crippen molar-refractivity contribution in [2.45, 2.75) is 26.2 Å². The summed E-state index contributed by atoms with van der Waals surface area (Å²) in [6.07, 6.45) is 2.70. The van der Waals surface area contributed by atoms with Gasteiger partial charge in [0.2, 0.25) is 0 Å². The summed E-state index contributed by atoms with van der Waals surface area (Å²) in [4.78, 5) is 18.4. The van der Waals surface area contributed by atoms with E-state index in [1.807, 2.05) is 23.6 Å². The number of benzene rings is 1. The summed E-state index contributed by atoms with van der Waals surface area (Å²) in [5.74, 6) is 0.633. The van der Waals surface area contributed by atoms with Crippen LogP contribution in [-0.2, 0) is 6.42 Å². The smallest absolute Gasteiger partial charge is 0.273 e. The second-order valence-corrected chi connectivity index (χ2v) is 6.59. The Bertz CT molecular complexity index is 645. The number of ether oxygens (including phenoxy) is 1. The predicted octanol–water partition coefficient (Wildman–Crippen LogP) is 4.29. The summed E-state index contributed by atoms with van der Waals surface area (Å²) < 4.78 is 5.63. The van der Waals surface area contributed by atoms with Gasteiger partial charge in [0.15, 0.2) is 0 Å². The van der Waals surface area contributed by atoms with E-state index in [9.17, 15) is 4.79 Å². The first kappa shape index (κ1) is 17.8. The molecule has 0 fully saturated rings. The van der Waals surface area contributed by atoms with E-state index in [4.69, 9.17) is 16.3 Å². The van der Waals surface area contributed by atoms with Crippen LogP contribution in [0.5, 0.6) is 5.75 Å². The number of rotatable bonds is 8. The van der Waals surface area contributed by atoms with E-state index in [0.717, 1.165) is 24.3 Å². The normalized spacial score (nSPS) is 10.6. The SMILES string of the molecule is CCCc1nc(C(=O)N(C)CCCOc2ccccc2Cl)cs1. The van der Waals surface area contributed by atoms with Crippen molar-refractivity contribution in [3.8, 4) is 5.75 Å². The van der Waals surface area contributed by atoms with Crippen LogP contribution in [-0.4, -0.2) is 36.0 Å². The molecule has 0 N–H and O–H groups in total. The molecule has 0 atom stereocenters. The van der Waals surface area contributed by atoms with Crippen molar-refractivity contribution in [2.75, 3.05) is 20.2 Å². The number of aromatic nitrogens is 1. The topological polar surface area (TPSA) is 42.4 Å². The van der Waals surface area contributed by atoms with Crippen LogP contribution in [0.25, 0.3) is 0 Å². The number of halogens is 1. The van der Waals surface area contributed by atoms with Gasteiger partial charge in [0, 0.05) is 19.0 Å². The molecule has 0 saturated carbocycles. The number of hydrogen-bond donors (Lipinski definition) is 0. The van der Waals surface area contributed by atoms with Gasteiger partial charge in [-0.2, -0.15) is 0 Å². The van der Waals surface area contributed by atoms with Crippen LogP contribution in [0.1, 0.15) is 35.3 Å². The van der Waals surface area contributed by atoms with Crippen molar-refractivity contribution >= 4 is 28.8 Å². The standard InChI is InChI=1S/C17H21ClN2O2S/c1-3-7-16-19-14(12-23-16)17(21)20(2)10-6-11-22-15-9-5-4-8-13(15)18/h4-5,8-9,12H,3,6-7,10-11H2,1-2H3. The summed E-state index contributed by atoms with van der Waals surface area (Å²) in [5, 5.41) is 3.46. The van der Waals surface area contributed by atoms with E-state index in [2.05, 4.69) is 11.9 Å². The number of aryl methyl sites for hydroxylation is 1. The number of amides is 1. The molecular formula is C17H21ClN2O2S. The quantitative estimate of drug-likeness (QED) is 0.665. The third kappa shape index (κ3) is 5.22. The summed E-state index contributed by atoms with van der Waals surface area (Å²) in [7, 11) is 1.79. The fourth-order valence-corrected chi connectivity index (χ4v) is 3.15. The van der Waals surface area contributed by atoms with E-state index in [1.54, 1.807) is 29.4 Å². The zero-order chi connectivity index (χ0) is 16.7.